The highest BCUT2D eigenvalue weighted by Gasteiger charge is 2.78. The third-order valence-corrected chi connectivity index (χ3v) is 12.2. The summed E-state index contributed by atoms with van der Waals surface area (Å²) in [6, 6.07) is 8.38. The van der Waals surface area contributed by atoms with Crippen LogP contribution in [0.3, 0.4) is 0 Å². The maximum absolute atomic E-state index is 13.5. The Morgan fingerprint density at radius 3 is 2.62 bits per heavy atom. The van der Waals surface area contributed by atoms with E-state index in [1.807, 2.05) is 19.9 Å². The number of carbonyl (C=O) groups excluding carboxylic acids is 2. The Morgan fingerprint density at radius 1 is 1.10 bits per heavy atom. The van der Waals surface area contributed by atoms with Gasteiger partial charge in [-0.25, -0.2) is 0 Å². The number of rotatable bonds is 2. The molecule has 40 heavy (non-hydrogen) atoms. The standard InChI is InChI=1S/C33H39NO6/c1-29(2)27-23(35)17-24-32(39-27,40-29)14-13-30(3)31(4)19(15-21-20-11-7-8-12-22(20)34-26(21)31)16-25(33(24,30)37)38-28(36)18-9-5-6-10-18/h7-8,11-12,17-19,25,27,34,37H,5-6,9-10,13-16H2,1-4H3/t19-,25+,27?,30?,31-,32+,33+/m1/s1. The van der Waals surface area contributed by atoms with Crippen molar-refractivity contribution in [2.45, 2.75) is 114 Å². The van der Waals surface area contributed by atoms with Gasteiger partial charge in [0.25, 0.3) is 0 Å². The summed E-state index contributed by atoms with van der Waals surface area (Å²) in [5.74, 6) is -1.60. The van der Waals surface area contributed by atoms with Crippen LogP contribution in [-0.4, -0.2) is 51.0 Å². The van der Waals surface area contributed by atoms with Crippen LogP contribution in [-0.2, 0) is 35.6 Å². The monoisotopic (exact) mass is 545 g/mol. The van der Waals surface area contributed by atoms with Crippen LogP contribution >= 0.6 is 0 Å². The Balaban J connectivity index is 1.32. The van der Waals surface area contributed by atoms with Gasteiger partial charge in [0.05, 0.1) is 5.92 Å². The minimum Gasteiger partial charge on any atom is -0.459 e. The smallest absolute Gasteiger partial charge is 0.309 e. The molecule has 4 fully saturated rings. The topological polar surface area (TPSA) is 97.9 Å². The van der Waals surface area contributed by atoms with E-state index in [9.17, 15) is 14.7 Å². The number of carbonyl (C=O) groups is 2. The zero-order valence-electron chi connectivity index (χ0n) is 23.8. The van der Waals surface area contributed by atoms with Gasteiger partial charge in [0.2, 0.25) is 0 Å². The number of ketones is 1. The quantitative estimate of drug-likeness (QED) is 0.514. The van der Waals surface area contributed by atoms with E-state index in [0.717, 1.165) is 43.3 Å². The van der Waals surface area contributed by atoms with Gasteiger partial charge in [-0.15, -0.1) is 0 Å². The summed E-state index contributed by atoms with van der Waals surface area (Å²) in [7, 11) is 0. The number of aliphatic hydroxyl groups is 1. The normalized spacial score (nSPS) is 43.2. The molecule has 1 spiro atoms. The van der Waals surface area contributed by atoms with E-state index >= 15 is 0 Å². The zero-order valence-corrected chi connectivity index (χ0v) is 23.8. The Morgan fingerprint density at radius 2 is 1.85 bits per heavy atom. The van der Waals surface area contributed by atoms with Gasteiger partial charge in [-0.05, 0) is 69.6 Å². The summed E-state index contributed by atoms with van der Waals surface area (Å²) in [5.41, 5.74) is 0.291. The van der Waals surface area contributed by atoms with Crippen LogP contribution in [0.4, 0.5) is 0 Å². The van der Waals surface area contributed by atoms with E-state index in [2.05, 4.69) is 37.0 Å². The average molecular weight is 546 g/mol. The Bertz CT molecular complexity index is 1500. The highest BCUT2D eigenvalue weighted by atomic mass is 16.8. The molecule has 2 aromatic rings. The summed E-state index contributed by atoms with van der Waals surface area (Å²) in [6.07, 6.45) is 6.23. The molecule has 1 aromatic carbocycles. The van der Waals surface area contributed by atoms with E-state index < -0.39 is 40.0 Å². The first-order chi connectivity index (χ1) is 18.9. The third-order valence-electron chi connectivity index (χ3n) is 12.2. The Labute approximate surface area is 234 Å². The molecule has 7 nitrogen and oxygen atoms in total. The molecule has 4 aliphatic carbocycles. The molecule has 1 aromatic heterocycles. The molecule has 2 bridgehead atoms. The first-order valence-electron chi connectivity index (χ1n) is 15.1. The number of esters is 1. The van der Waals surface area contributed by atoms with Gasteiger partial charge in [-0.1, -0.05) is 44.9 Å². The molecule has 2 aliphatic heterocycles. The lowest BCUT2D eigenvalue weighted by Crippen LogP contribution is -2.75. The second kappa shape index (κ2) is 7.67. The zero-order chi connectivity index (χ0) is 27.9. The van der Waals surface area contributed by atoms with Crippen molar-refractivity contribution in [2.75, 3.05) is 0 Å². The van der Waals surface area contributed by atoms with Gasteiger partial charge >= 0.3 is 5.97 Å². The maximum atomic E-state index is 13.5. The minimum absolute atomic E-state index is 0.134. The number of benzene rings is 1. The average Bonchev–Trinajstić information content (AvgIpc) is 3.67. The molecule has 0 amide bonds. The number of H-pyrrole nitrogens is 1. The highest BCUT2D eigenvalue weighted by molar-refractivity contribution is 5.97. The number of aromatic amines is 1. The number of para-hydroxylation sites is 1. The molecule has 8 rings (SSSR count). The number of nitrogens with one attached hydrogen (secondary N) is 1. The second-order valence-corrected chi connectivity index (χ2v) is 14.3. The van der Waals surface area contributed by atoms with Gasteiger partial charge in [-0.3, -0.25) is 9.59 Å². The van der Waals surface area contributed by atoms with Gasteiger partial charge < -0.3 is 24.3 Å². The van der Waals surface area contributed by atoms with Crippen molar-refractivity contribution >= 4 is 22.7 Å². The van der Waals surface area contributed by atoms with Crippen LogP contribution in [0.5, 0.6) is 0 Å². The molecule has 1 saturated heterocycles. The van der Waals surface area contributed by atoms with E-state index in [4.69, 9.17) is 14.2 Å². The Kier molecular flexibility index (Phi) is 4.84. The largest absolute Gasteiger partial charge is 0.459 e. The summed E-state index contributed by atoms with van der Waals surface area (Å²) >= 11 is 0. The van der Waals surface area contributed by atoms with Crippen LogP contribution in [0.25, 0.3) is 10.9 Å². The first-order valence-corrected chi connectivity index (χ1v) is 15.1. The SMILES string of the molecule is CC1(C)O[C@@]23CCC4(C)[C@@]5(C)c6[nH]c7ccccc7c6C[C@@H]5C[C@H](OC(=O)C5CCCC5)[C@@]4(O)C2=CC(=O)C1O3. The molecule has 7 heteroatoms. The van der Waals surface area contributed by atoms with Crippen molar-refractivity contribution < 1.29 is 28.9 Å². The molecule has 212 valence electrons. The fourth-order valence-corrected chi connectivity index (χ4v) is 9.93. The predicted octanol–water partition coefficient (Wildman–Crippen LogP) is 5.03. The van der Waals surface area contributed by atoms with Crippen LogP contribution < -0.4 is 0 Å². The van der Waals surface area contributed by atoms with Crippen LogP contribution in [0.1, 0.15) is 83.9 Å². The molecule has 3 saturated carbocycles. The summed E-state index contributed by atoms with van der Waals surface area (Å²) in [5, 5.41) is 14.6. The van der Waals surface area contributed by atoms with E-state index in [1.54, 1.807) is 6.08 Å². The lowest BCUT2D eigenvalue weighted by molar-refractivity contribution is -0.278. The van der Waals surface area contributed by atoms with Crippen molar-refractivity contribution in [1.82, 2.24) is 4.98 Å². The van der Waals surface area contributed by atoms with Crippen molar-refractivity contribution in [3.05, 3.63) is 47.2 Å². The van der Waals surface area contributed by atoms with Crippen LogP contribution in [0.2, 0.25) is 0 Å². The van der Waals surface area contributed by atoms with E-state index in [-0.39, 0.29) is 23.6 Å². The molecule has 0 radical (unpaired) electrons. The molecular weight excluding hydrogens is 506 g/mol. The maximum Gasteiger partial charge on any atom is 0.309 e. The predicted molar refractivity (Wildman–Crippen MR) is 147 cm³/mol. The molecule has 2 unspecified atom stereocenters. The molecule has 6 aliphatic rings. The summed E-state index contributed by atoms with van der Waals surface area (Å²) in [4.78, 5) is 30.8. The number of hydrogen-bond acceptors (Lipinski definition) is 6. The van der Waals surface area contributed by atoms with Crippen molar-refractivity contribution in [2.24, 2.45) is 17.3 Å². The Hall–Kier alpha value is -2.48. The third kappa shape index (κ3) is 2.77. The van der Waals surface area contributed by atoms with Crippen molar-refractivity contribution in [1.29, 1.82) is 0 Å². The summed E-state index contributed by atoms with van der Waals surface area (Å²) in [6.45, 7) is 8.16. The lowest BCUT2D eigenvalue weighted by Gasteiger charge is -2.67. The lowest BCUT2D eigenvalue weighted by atomic mass is 9.41. The molecule has 2 N–H and O–H groups in total. The molecule has 7 atom stereocenters. The van der Waals surface area contributed by atoms with E-state index in [0.29, 0.717) is 24.8 Å². The molecular formula is C33H39NO6. The van der Waals surface area contributed by atoms with Gasteiger partial charge in [-0.2, -0.15) is 0 Å². The number of ether oxygens (including phenoxy) is 3. The first kappa shape index (κ1) is 25.2. The van der Waals surface area contributed by atoms with Crippen LogP contribution in [0, 0.1) is 17.3 Å². The minimum atomic E-state index is -1.65. The second-order valence-electron chi connectivity index (χ2n) is 14.3. The van der Waals surface area contributed by atoms with Crippen LogP contribution in [0.15, 0.2) is 35.9 Å². The fraction of sp³-hybridized carbons (Fsp3) is 0.636. The number of aromatic nitrogens is 1. The van der Waals surface area contributed by atoms with Gasteiger partial charge in [0.15, 0.2) is 17.7 Å². The number of hydrogen-bond donors (Lipinski definition) is 2. The highest BCUT2D eigenvalue weighted by Crippen LogP contribution is 2.72. The van der Waals surface area contributed by atoms with E-state index in [1.165, 1.54) is 10.9 Å². The van der Waals surface area contributed by atoms with Gasteiger partial charge in [0.1, 0.15) is 17.3 Å². The van der Waals surface area contributed by atoms with Crippen molar-refractivity contribution in [3.8, 4) is 0 Å². The van der Waals surface area contributed by atoms with Gasteiger partial charge in [0, 0.05) is 39.4 Å². The summed E-state index contributed by atoms with van der Waals surface area (Å²) < 4.78 is 19.4. The number of fused-ring (bicyclic) bond motifs is 9. The van der Waals surface area contributed by atoms with Crippen molar-refractivity contribution in [3.63, 3.8) is 0 Å². The fourth-order valence-electron chi connectivity index (χ4n) is 9.93. The molecule has 3 heterocycles.